The monoisotopic (exact) mass is 240 g/mol. The Labute approximate surface area is 108 Å². The second-order valence-corrected chi connectivity index (χ2v) is 7.10. The maximum absolute atomic E-state index is 5.82. The number of rotatable bonds is 5. The second kappa shape index (κ2) is 6.19. The molecule has 0 amide bonds. The van der Waals surface area contributed by atoms with E-state index in [4.69, 9.17) is 5.73 Å². The third kappa shape index (κ3) is 4.59. The topological polar surface area (TPSA) is 29.3 Å². The van der Waals surface area contributed by atoms with Crippen molar-refractivity contribution in [3.05, 3.63) is 0 Å². The molecular weight excluding hydrogens is 208 g/mol. The minimum Gasteiger partial charge on any atom is -0.330 e. The van der Waals surface area contributed by atoms with Crippen LogP contribution < -0.4 is 5.73 Å². The van der Waals surface area contributed by atoms with E-state index in [0.29, 0.717) is 0 Å². The maximum atomic E-state index is 5.82. The number of hydrogen-bond acceptors (Lipinski definition) is 2. The van der Waals surface area contributed by atoms with Crippen molar-refractivity contribution in [2.75, 3.05) is 20.1 Å². The van der Waals surface area contributed by atoms with Crippen molar-refractivity contribution in [1.29, 1.82) is 0 Å². The lowest BCUT2D eigenvalue weighted by Crippen LogP contribution is -2.43. The van der Waals surface area contributed by atoms with Gasteiger partial charge < -0.3 is 10.6 Å². The van der Waals surface area contributed by atoms with E-state index in [9.17, 15) is 0 Å². The molecule has 0 aliphatic heterocycles. The van der Waals surface area contributed by atoms with Gasteiger partial charge in [-0.1, -0.05) is 27.7 Å². The summed E-state index contributed by atoms with van der Waals surface area (Å²) in [6.07, 6.45) is 5.57. The number of nitrogens with zero attached hydrogens (tertiary/aromatic N) is 1. The van der Waals surface area contributed by atoms with Gasteiger partial charge in [0.1, 0.15) is 0 Å². The van der Waals surface area contributed by atoms with Gasteiger partial charge in [0.2, 0.25) is 0 Å². The van der Waals surface area contributed by atoms with Crippen molar-refractivity contribution in [2.45, 2.75) is 59.4 Å². The summed E-state index contributed by atoms with van der Waals surface area (Å²) in [6.45, 7) is 11.2. The molecule has 2 N–H and O–H groups in total. The summed E-state index contributed by atoms with van der Waals surface area (Å²) in [5, 5.41) is 0. The molecule has 0 aromatic rings. The van der Waals surface area contributed by atoms with Crippen LogP contribution in [0.4, 0.5) is 0 Å². The fourth-order valence-electron chi connectivity index (χ4n) is 3.08. The lowest BCUT2D eigenvalue weighted by molar-refractivity contribution is 0.111. The van der Waals surface area contributed by atoms with Gasteiger partial charge in [-0.25, -0.2) is 0 Å². The van der Waals surface area contributed by atoms with Crippen LogP contribution in [0.1, 0.15) is 53.4 Å². The first-order valence-corrected chi connectivity index (χ1v) is 7.26. The summed E-state index contributed by atoms with van der Waals surface area (Å²) in [5.74, 6) is 1.82. The Morgan fingerprint density at radius 2 is 1.71 bits per heavy atom. The van der Waals surface area contributed by atoms with Gasteiger partial charge in [-0.2, -0.15) is 0 Å². The molecule has 102 valence electrons. The average molecular weight is 240 g/mol. The Morgan fingerprint density at radius 1 is 1.18 bits per heavy atom. The molecule has 0 unspecified atom stereocenters. The lowest BCUT2D eigenvalue weighted by Gasteiger charge is -2.39. The fourth-order valence-corrected chi connectivity index (χ4v) is 3.08. The highest BCUT2D eigenvalue weighted by molar-refractivity contribution is 4.82. The van der Waals surface area contributed by atoms with Crippen molar-refractivity contribution >= 4 is 0 Å². The first-order valence-electron chi connectivity index (χ1n) is 7.26. The highest BCUT2D eigenvalue weighted by atomic mass is 15.1. The van der Waals surface area contributed by atoms with Crippen LogP contribution in [0, 0.1) is 17.3 Å². The molecule has 1 rings (SSSR count). The van der Waals surface area contributed by atoms with Gasteiger partial charge in [-0.05, 0) is 56.5 Å². The van der Waals surface area contributed by atoms with Gasteiger partial charge in [0, 0.05) is 12.6 Å². The average Bonchev–Trinajstić information content (AvgIpc) is 2.28. The molecule has 0 saturated heterocycles. The van der Waals surface area contributed by atoms with Gasteiger partial charge in [-0.3, -0.25) is 0 Å². The Hall–Kier alpha value is -0.0800. The zero-order chi connectivity index (χ0) is 13.1. The molecule has 0 spiro atoms. The number of hydrogen-bond donors (Lipinski definition) is 1. The van der Waals surface area contributed by atoms with Crippen LogP contribution in [-0.4, -0.2) is 31.1 Å². The van der Waals surface area contributed by atoms with E-state index in [1.165, 1.54) is 25.7 Å². The van der Waals surface area contributed by atoms with Crippen LogP contribution in [0.25, 0.3) is 0 Å². The van der Waals surface area contributed by atoms with Gasteiger partial charge >= 0.3 is 0 Å². The van der Waals surface area contributed by atoms with Gasteiger partial charge in [0.05, 0.1) is 0 Å². The molecule has 0 heterocycles. The van der Waals surface area contributed by atoms with Crippen LogP contribution in [0.5, 0.6) is 0 Å². The number of nitrogens with two attached hydrogens (primary N) is 1. The third-order valence-corrected chi connectivity index (χ3v) is 4.54. The SMILES string of the molecule is CC(C)C1CCC(N(C)CC(C)(C)CN)CC1. The molecule has 0 atom stereocenters. The molecule has 1 saturated carbocycles. The van der Waals surface area contributed by atoms with Crippen molar-refractivity contribution in [3.63, 3.8) is 0 Å². The van der Waals surface area contributed by atoms with Crippen LogP contribution in [-0.2, 0) is 0 Å². The summed E-state index contributed by atoms with van der Waals surface area (Å²) >= 11 is 0. The predicted molar refractivity (Wildman–Crippen MR) is 76.0 cm³/mol. The first-order chi connectivity index (χ1) is 7.85. The summed E-state index contributed by atoms with van der Waals surface area (Å²) in [4.78, 5) is 2.55. The van der Waals surface area contributed by atoms with Gasteiger partial charge in [0.25, 0.3) is 0 Å². The quantitative estimate of drug-likeness (QED) is 0.800. The molecule has 1 aliphatic rings. The Morgan fingerprint density at radius 3 is 2.12 bits per heavy atom. The Balaban J connectivity index is 2.38. The van der Waals surface area contributed by atoms with E-state index in [1.54, 1.807) is 0 Å². The fraction of sp³-hybridized carbons (Fsp3) is 1.00. The summed E-state index contributed by atoms with van der Waals surface area (Å²) in [6, 6.07) is 0.788. The van der Waals surface area contributed by atoms with E-state index >= 15 is 0 Å². The lowest BCUT2D eigenvalue weighted by atomic mass is 9.79. The standard InChI is InChI=1S/C15H32N2/c1-12(2)13-6-8-14(9-7-13)17(5)11-15(3,4)10-16/h12-14H,6-11,16H2,1-5H3. The van der Waals surface area contributed by atoms with Gasteiger partial charge in [-0.15, -0.1) is 0 Å². The van der Waals surface area contributed by atoms with Crippen LogP contribution in [0.3, 0.4) is 0 Å². The van der Waals surface area contributed by atoms with Gasteiger partial charge in [0.15, 0.2) is 0 Å². The van der Waals surface area contributed by atoms with Crippen LogP contribution in [0.15, 0.2) is 0 Å². The first kappa shape index (κ1) is 15.0. The van der Waals surface area contributed by atoms with Crippen LogP contribution >= 0.6 is 0 Å². The molecule has 0 bridgehead atoms. The second-order valence-electron chi connectivity index (χ2n) is 7.10. The van der Waals surface area contributed by atoms with Crippen molar-refractivity contribution in [1.82, 2.24) is 4.90 Å². The maximum Gasteiger partial charge on any atom is 0.00926 e. The van der Waals surface area contributed by atoms with Crippen molar-refractivity contribution in [2.24, 2.45) is 23.0 Å². The van der Waals surface area contributed by atoms with Crippen molar-refractivity contribution < 1.29 is 0 Å². The highest BCUT2D eigenvalue weighted by Gasteiger charge is 2.28. The van der Waals surface area contributed by atoms with E-state index in [0.717, 1.165) is 31.0 Å². The third-order valence-electron chi connectivity index (χ3n) is 4.54. The summed E-state index contributed by atoms with van der Waals surface area (Å²) in [5.41, 5.74) is 6.07. The molecule has 0 radical (unpaired) electrons. The zero-order valence-corrected chi connectivity index (χ0v) is 12.5. The Bertz CT molecular complexity index is 215. The largest absolute Gasteiger partial charge is 0.330 e. The summed E-state index contributed by atoms with van der Waals surface area (Å²) < 4.78 is 0. The molecular formula is C15H32N2. The molecule has 0 aromatic heterocycles. The van der Waals surface area contributed by atoms with E-state index in [1.807, 2.05) is 0 Å². The minimum atomic E-state index is 0.254. The molecule has 2 heteroatoms. The smallest absolute Gasteiger partial charge is 0.00926 e. The molecule has 0 aromatic carbocycles. The van der Waals surface area contributed by atoms with Crippen LogP contribution in [0.2, 0.25) is 0 Å². The van der Waals surface area contributed by atoms with E-state index < -0.39 is 0 Å². The minimum absolute atomic E-state index is 0.254. The summed E-state index contributed by atoms with van der Waals surface area (Å²) in [7, 11) is 2.28. The van der Waals surface area contributed by atoms with Crippen molar-refractivity contribution in [3.8, 4) is 0 Å². The van der Waals surface area contributed by atoms with E-state index in [-0.39, 0.29) is 5.41 Å². The molecule has 2 nitrogen and oxygen atoms in total. The predicted octanol–water partition coefficient (Wildman–Crippen LogP) is 3.12. The molecule has 17 heavy (non-hydrogen) atoms. The van der Waals surface area contributed by atoms with E-state index in [2.05, 4.69) is 39.6 Å². The Kier molecular flexibility index (Phi) is 5.46. The molecule has 1 aliphatic carbocycles. The zero-order valence-electron chi connectivity index (χ0n) is 12.5. The highest BCUT2D eigenvalue weighted by Crippen LogP contribution is 2.32. The normalized spacial score (nSPS) is 26.8. The molecule has 1 fully saturated rings.